The zero-order chi connectivity index (χ0) is 21.4. The van der Waals surface area contributed by atoms with Gasteiger partial charge in [0, 0.05) is 46.8 Å². The Morgan fingerprint density at radius 2 is 1.73 bits per heavy atom. The summed E-state index contributed by atoms with van der Waals surface area (Å²) < 4.78 is 2.34. The molecular weight excluding hydrogens is 382 g/mol. The van der Waals surface area contributed by atoms with Crippen molar-refractivity contribution in [2.45, 2.75) is 13.5 Å². The number of piperazine rings is 1. The maximum absolute atomic E-state index is 13.0. The summed E-state index contributed by atoms with van der Waals surface area (Å²) in [5.41, 5.74) is 2.12. The van der Waals surface area contributed by atoms with Gasteiger partial charge in [-0.25, -0.2) is 9.78 Å². The molecule has 2 aromatic heterocycles. The quantitative estimate of drug-likeness (QED) is 0.645. The molecule has 4 rings (SSSR count). The van der Waals surface area contributed by atoms with Crippen LogP contribution in [0.25, 0.3) is 11.0 Å². The van der Waals surface area contributed by atoms with Gasteiger partial charge in [-0.15, -0.1) is 0 Å². The van der Waals surface area contributed by atoms with Crippen LogP contribution >= 0.6 is 0 Å². The van der Waals surface area contributed by atoms with E-state index in [4.69, 9.17) is 0 Å². The lowest BCUT2D eigenvalue weighted by atomic mass is 10.1. The molecule has 3 heterocycles. The van der Waals surface area contributed by atoms with Crippen molar-refractivity contribution in [3.05, 3.63) is 74.1 Å². The number of nitrogens with zero attached hydrogens (tertiary/aromatic N) is 5. The third-order valence-corrected chi connectivity index (χ3v) is 5.67. The van der Waals surface area contributed by atoms with Gasteiger partial charge in [0.05, 0.1) is 5.39 Å². The first kappa shape index (κ1) is 20.0. The van der Waals surface area contributed by atoms with Crippen LogP contribution in [-0.2, 0) is 20.6 Å². The average Bonchev–Trinajstić information content (AvgIpc) is 2.76. The second-order valence-corrected chi connectivity index (χ2v) is 7.83. The van der Waals surface area contributed by atoms with Crippen LogP contribution in [0.4, 0.5) is 0 Å². The van der Waals surface area contributed by atoms with Gasteiger partial charge in [-0.05, 0) is 24.6 Å². The Hall–Kier alpha value is -3.26. The molecule has 3 aromatic rings. The van der Waals surface area contributed by atoms with E-state index in [1.807, 2.05) is 0 Å². The highest BCUT2D eigenvalue weighted by Crippen LogP contribution is 2.13. The number of amides is 1. The molecule has 0 N–H and O–H groups in total. The summed E-state index contributed by atoms with van der Waals surface area (Å²) in [5.74, 6) is -0.180. The van der Waals surface area contributed by atoms with Gasteiger partial charge in [0.15, 0.2) is 0 Å². The Balaban J connectivity index is 1.50. The molecule has 1 fully saturated rings. The van der Waals surface area contributed by atoms with Crippen LogP contribution in [0.2, 0.25) is 0 Å². The number of aryl methyl sites for hydroxylation is 2. The van der Waals surface area contributed by atoms with E-state index in [2.05, 4.69) is 41.1 Å². The SMILES string of the molecule is Cc1cccc(CN2CCN(C(=O)c3ccc4c(=O)n(C)c(=O)n(C)c4n3)CC2)c1. The minimum atomic E-state index is -0.464. The molecule has 0 unspecified atom stereocenters. The van der Waals surface area contributed by atoms with Gasteiger partial charge in [0.2, 0.25) is 0 Å². The molecule has 1 saturated heterocycles. The van der Waals surface area contributed by atoms with Crippen LogP contribution in [0.3, 0.4) is 0 Å². The van der Waals surface area contributed by atoms with Crippen LogP contribution in [0.1, 0.15) is 21.6 Å². The van der Waals surface area contributed by atoms with Crippen molar-refractivity contribution >= 4 is 16.9 Å². The second kappa shape index (κ2) is 7.87. The first-order chi connectivity index (χ1) is 14.3. The molecule has 1 aliphatic heterocycles. The van der Waals surface area contributed by atoms with Gasteiger partial charge >= 0.3 is 5.69 Å². The van der Waals surface area contributed by atoms with Gasteiger partial charge in [-0.1, -0.05) is 29.8 Å². The average molecular weight is 407 g/mol. The standard InChI is InChI=1S/C22H25N5O3/c1-15-5-4-6-16(13-15)14-26-9-11-27(12-10-26)21(29)18-8-7-17-19(23-18)24(2)22(30)25(3)20(17)28/h4-8,13H,9-12,14H2,1-3H3. The normalized spacial score (nSPS) is 15.0. The van der Waals surface area contributed by atoms with Crippen molar-refractivity contribution in [1.82, 2.24) is 23.9 Å². The number of rotatable bonds is 3. The highest BCUT2D eigenvalue weighted by molar-refractivity contribution is 5.94. The highest BCUT2D eigenvalue weighted by Gasteiger charge is 2.24. The summed E-state index contributed by atoms with van der Waals surface area (Å²) in [6.45, 7) is 5.74. The Morgan fingerprint density at radius 1 is 1.00 bits per heavy atom. The summed E-state index contributed by atoms with van der Waals surface area (Å²) in [6.07, 6.45) is 0. The van der Waals surface area contributed by atoms with Crippen LogP contribution in [-0.4, -0.2) is 56.0 Å². The lowest BCUT2D eigenvalue weighted by Crippen LogP contribution is -2.48. The predicted octanol–water partition coefficient (Wildman–Crippen LogP) is 0.899. The molecule has 156 valence electrons. The molecule has 0 spiro atoms. The Bertz CT molecular complexity index is 1240. The first-order valence-electron chi connectivity index (χ1n) is 9.99. The summed E-state index contributed by atoms with van der Waals surface area (Å²) in [4.78, 5) is 45.9. The molecule has 0 saturated carbocycles. The fourth-order valence-corrected chi connectivity index (χ4v) is 3.91. The van der Waals surface area contributed by atoms with E-state index < -0.39 is 11.2 Å². The highest BCUT2D eigenvalue weighted by atomic mass is 16.2. The third kappa shape index (κ3) is 3.66. The van der Waals surface area contributed by atoms with Crippen LogP contribution in [0, 0.1) is 6.92 Å². The van der Waals surface area contributed by atoms with E-state index in [1.165, 1.54) is 22.7 Å². The smallest absolute Gasteiger partial charge is 0.332 e. The number of hydrogen-bond acceptors (Lipinski definition) is 5. The number of carbonyl (C=O) groups is 1. The number of hydrogen-bond donors (Lipinski definition) is 0. The molecule has 8 nitrogen and oxygen atoms in total. The number of aromatic nitrogens is 3. The first-order valence-corrected chi connectivity index (χ1v) is 9.99. The van der Waals surface area contributed by atoms with E-state index in [9.17, 15) is 14.4 Å². The molecular formula is C22H25N5O3. The summed E-state index contributed by atoms with van der Waals surface area (Å²) >= 11 is 0. The minimum Gasteiger partial charge on any atom is -0.335 e. The lowest BCUT2D eigenvalue weighted by molar-refractivity contribution is 0.0623. The van der Waals surface area contributed by atoms with Crippen molar-refractivity contribution in [3.63, 3.8) is 0 Å². The van der Waals surface area contributed by atoms with Crippen molar-refractivity contribution in [1.29, 1.82) is 0 Å². The van der Waals surface area contributed by atoms with Gasteiger partial charge in [0.25, 0.3) is 11.5 Å². The fraction of sp³-hybridized carbons (Fsp3) is 0.364. The molecule has 1 aromatic carbocycles. The monoisotopic (exact) mass is 407 g/mol. The largest absolute Gasteiger partial charge is 0.335 e. The molecule has 0 bridgehead atoms. The maximum atomic E-state index is 13.0. The summed E-state index contributed by atoms with van der Waals surface area (Å²) in [5, 5.41) is 0.319. The Morgan fingerprint density at radius 3 is 2.43 bits per heavy atom. The molecule has 30 heavy (non-hydrogen) atoms. The molecule has 0 radical (unpaired) electrons. The van der Waals surface area contributed by atoms with Gasteiger partial charge in [0.1, 0.15) is 11.3 Å². The zero-order valence-electron chi connectivity index (χ0n) is 17.5. The van der Waals surface area contributed by atoms with Gasteiger partial charge < -0.3 is 4.90 Å². The van der Waals surface area contributed by atoms with E-state index in [-0.39, 0.29) is 17.2 Å². The minimum absolute atomic E-state index is 0.180. The molecule has 0 atom stereocenters. The topological polar surface area (TPSA) is 80.4 Å². The zero-order valence-corrected chi connectivity index (χ0v) is 17.5. The molecule has 0 aliphatic carbocycles. The van der Waals surface area contributed by atoms with Crippen molar-refractivity contribution in [2.24, 2.45) is 14.1 Å². The van der Waals surface area contributed by atoms with Gasteiger partial charge in [-0.3, -0.25) is 23.6 Å². The van der Waals surface area contributed by atoms with E-state index in [0.717, 1.165) is 24.2 Å². The van der Waals surface area contributed by atoms with E-state index in [1.54, 1.807) is 24.1 Å². The number of pyridine rings is 1. The second-order valence-electron chi connectivity index (χ2n) is 7.83. The Labute approximate surface area is 174 Å². The molecule has 1 amide bonds. The summed E-state index contributed by atoms with van der Waals surface area (Å²) in [6, 6.07) is 11.6. The summed E-state index contributed by atoms with van der Waals surface area (Å²) in [7, 11) is 2.98. The molecule has 1 aliphatic rings. The van der Waals surface area contributed by atoms with E-state index in [0.29, 0.717) is 18.5 Å². The number of carbonyl (C=O) groups excluding carboxylic acids is 1. The van der Waals surface area contributed by atoms with Crippen molar-refractivity contribution < 1.29 is 4.79 Å². The van der Waals surface area contributed by atoms with Crippen molar-refractivity contribution in [2.75, 3.05) is 26.2 Å². The number of fused-ring (bicyclic) bond motifs is 1. The lowest BCUT2D eigenvalue weighted by Gasteiger charge is -2.34. The third-order valence-electron chi connectivity index (χ3n) is 5.67. The van der Waals surface area contributed by atoms with Crippen LogP contribution in [0.15, 0.2) is 46.0 Å². The van der Waals surface area contributed by atoms with Gasteiger partial charge in [-0.2, -0.15) is 0 Å². The Kier molecular flexibility index (Phi) is 5.26. The predicted molar refractivity (Wildman–Crippen MR) is 115 cm³/mol. The number of benzene rings is 1. The van der Waals surface area contributed by atoms with Crippen LogP contribution in [0.5, 0.6) is 0 Å². The van der Waals surface area contributed by atoms with Crippen molar-refractivity contribution in [3.8, 4) is 0 Å². The molecule has 8 heteroatoms. The maximum Gasteiger partial charge on any atom is 0.332 e. The fourth-order valence-electron chi connectivity index (χ4n) is 3.91. The van der Waals surface area contributed by atoms with Crippen LogP contribution < -0.4 is 11.2 Å². The van der Waals surface area contributed by atoms with E-state index >= 15 is 0 Å².